The van der Waals surface area contributed by atoms with Crippen LogP contribution in [-0.4, -0.2) is 47.3 Å². The monoisotopic (exact) mass is 396 g/mol. The molecule has 3 fully saturated rings. The highest BCUT2D eigenvalue weighted by Gasteiger charge is 2.45. The summed E-state index contributed by atoms with van der Waals surface area (Å²) in [7, 11) is 0. The van der Waals surface area contributed by atoms with Crippen LogP contribution in [0, 0.1) is 5.92 Å². The van der Waals surface area contributed by atoms with Gasteiger partial charge in [-0.1, -0.05) is 18.2 Å². The fraction of sp³-hybridized carbons (Fsp3) is 0.591. The van der Waals surface area contributed by atoms with Gasteiger partial charge >= 0.3 is 0 Å². The molecule has 1 spiro atoms. The van der Waals surface area contributed by atoms with Gasteiger partial charge in [0.1, 0.15) is 6.04 Å². The average Bonchev–Trinajstić information content (AvgIpc) is 3.35. The number of hydrogen-bond acceptors (Lipinski definition) is 5. The molecule has 7 heteroatoms. The molecule has 3 N–H and O–H groups in total. The first kappa shape index (κ1) is 18.8. The molecule has 0 radical (unpaired) electrons. The van der Waals surface area contributed by atoms with Crippen LogP contribution in [0.15, 0.2) is 18.2 Å². The van der Waals surface area contributed by atoms with Gasteiger partial charge < -0.3 is 15.5 Å². The van der Waals surface area contributed by atoms with Gasteiger partial charge in [0.05, 0.1) is 0 Å². The average molecular weight is 396 g/mol. The molecule has 2 unspecified atom stereocenters. The fourth-order valence-electron chi connectivity index (χ4n) is 5.22. The lowest BCUT2D eigenvalue weighted by molar-refractivity contribution is -0.136. The van der Waals surface area contributed by atoms with Crippen LogP contribution < -0.4 is 16.0 Å². The summed E-state index contributed by atoms with van der Waals surface area (Å²) < 4.78 is 0. The normalized spacial score (nSPS) is 27.9. The second kappa shape index (κ2) is 7.22. The number of nitrogens with one attached hydrogen (secondary N) is 3. The largest absolute Gasteiger partial charge is 0.322 e. The van der Waals surface area contributed by atoms with E-state index in [9.17, 15) is 14.4 Å². The maximum absolute atomic E-state index is 13.1. The summed E-state index contributed by atoms with van der Waals surface area (Å²) in [4.78, 5) is 38.4. The molecular formula is C22H28N4O3. The predicted octanol–water partition coefficient (Wildman–Crippen LogP) is 1.07. The Balaban J connectivity index is 1.24. The number of carbonyl (C=O) groups excluding carboxylic acids is 3. The molecule has 0 bridgehead atoms. The van der Waals surface area contributed by atoms with Crippen molar-refractivity contribution in [2.24, 2.45) is 5.92 Å². The maximum atomic E-state index is 13.1. The van der Waals surface area contributed by atoms with Crippen LogP contribution in [0.4, 0.5) is 0 Å². The first-order valence-electron chi connectivity index (χ1n) is 10.8. The Morgan fingerprint density at radius 2 is 2.03 bits per heavy atom. The van der Waals surface area contributed by atoms with Gasteiger partial charge in [-0.25, -0.2) is 0 Å². The first-order chi connectivity index (χ1) is 14.0. The van der Waals surface area contributed by atoms with E-state index in [1.165, 1.54) is 25.7 Å². The van der Waals surface area contributed by atoms with Crippen molar-refractivity contribution in [1.82, 2.24) is 20.9 Å². The molecule has 1 aliphatic carbocycles. The van der Waals surface area contributed by atoms with E-state index in [0.717, 1.165) is 29.8 Å². The Morgan fingerprint density at radius 3 is 2.83 bits per heavy atom. The fourth-order valence-corrected chi connectivity index (χ4v) is 5.22. The number of rotatable bonds is 5. The molecule has 0 aromatic heterocycles. The second-order valence-electron chi connectivity index (χ2n) is 9.05. The molecule has 29 heavy (non-hydrogen) atoms. The molecule has 5 rings (SSSR count). The minimum atomic E-state index is -0.558. The van der Waals surface area contributed by atoms with Gasteiger partial charge in [0, 0.05) is 30.6 Å². The number of hydrogen-bond donors (Lipinski definition) is 3. The SMILES string of the molecule is O=C1CCC(N2Cc3cccc(CNCC4CCNC5(CC5)C4)c3C2=O)C(=O)N1. The molecule has 2 saturated heterocycles. The molecule has 154 valence electrons. The van der Waals surface area contributed by atoms with Crippen LogP contribution >= 0.6 is 0 Å². The lowest BCUT2D eigenvalue weighted by Crippen LogP contribution is -2.52. The second-order valence-corrected chi connectivity index (χ2v) is 9.05. The van der Waals surface area contributed by atoms with E-state index >= 15 is 0 Å². The molecule has 3 amide bonds. The summed E-state index contributed by atoms with van der Waals surface area (Å²) >= 11 is 0. The zero-order valence-corrected chi connectivity index (χ0v) is 16.6. The van der Waals surface area contributed by atoms with E-state index in [-0.39, 0.29) is 24.1 Å². The van der Waals surface area contributed by atoms with Gasteiger partial charge in [0.2, 0.25) is 11.8 Å². The predicted molar refractivity (Wildman–Crippen MR) is 107 cm³/mol. The van der Waals surface area contributed by atoms with Crippen molar-refractivity contribution in [2.75, 3.05) is 13.1 Å². The highest BCUT2D eigenvalue weighted by molar-refractivity contribution is 6.05. The minimum Gasteiger partial charge on any atom is -0.322 e. The third-order valence-corrected chi connectivity index (χ3v) is 6.97. The number of imide groups is 1. The van der Waals surface area contributed by atoms with Gasteiger partial charge in [0.15, 0.2) is 0 Å². The minimum absolute atomic E-state index is 0.0919. The van der Waals surface area contributed by atoms with Crippen molar-refractivity contribution in [3.63, 3.8) is 0 Å². The van der Waals surface area contributed by atoms with Crippen molar-refractivity contribution in [3.8, 4) is 0 Å². The smallest absolute Gasteiger partial charge is 0.255 e. The lowest BCUT2D eigenvalue weighted by Gasteiger charge is -2.30. The highest BCUT2D eigenvalue weighted by Crippen LogP contribution is 2.43. The van der Waals surface area contributed by atoms with Crippen LogP contribution in [0.2, 0.25) is 0 Å². The van der Waals surface area contributed by atoms with E-state index < -0.39 is 6.04 Å². The summed E-state index contributed by atoms with van der Waals surface area (Å²) in [5, 5.41) is 9.59. The van der Waals surface area contributed by atoms with E-state index in [1.54, 1.807) is 4.90 Å². The Morgan fingerprint density at radius 1 is 1.17 bits per heavy atom. The Hall–Kier alpha value is -2.25. The summed E-state index contributed by atoms with van der Waals surface area (Å²) in [6.45, 7) is 3.17. The zero-order valence-electron chi connectivity index (χ0n) is 16.6. The van der Waals surface area contributed by atoms with E-state index in [2.05, 4.69) is 16.0 Å². The number of amides is 3. The van der Waals surface area contributed by atoms with Gasteiger partial charge in [-0.05, 0) is 62.2 Å². The molecule has 3 heterocycles. The Kier molecular flexibility index (Phi) is 4.67. The number of carbonyl (C=O) groups is 3. The van der Waals surface area contributed by atoms with Gasteiger partial charge in [-0.15, -0.1) is 0 Å². The highest BCUT2D eigenvalue weighted by atomic mass is 16.2. The number of fused-ring (bicyclic) bond motifs is 1. The van der Waals surface area contributed by atoms with Gasteiger partial charge in [-0.2, -0.15) is 0 Å². The Bertz CT molecular complexity index is 864. The van der Waals surface area contributed by atoms with Crippen LogP contribution in [0.25, 0.3) is 0 Å². The molecule has 4 aliphatic rings. The number of piperidine rings is 2. The summed E-state index contributed by atoms with van der Waals surface area (Å²) in [6.07, 6.45) is 5.73. The third kappa shape index (κ3) is 3.57. The van der Waals surface area contributed by atoms with Crippen LogP contribution in [0.5, 0.6) is 0 Å². The Labute approximate surface area is 170 Å². The van der Waals surface area contributed by atoms with Crippen LogP contribution in [0.3, 0.4) is 0 Å². The molecule has 1 aromatic carbocycles. The van der Waals surface area contributed by atoms with Crippen molar-refractivity contribution >= 4 is 17.7 Å². The first-order valence-corrected chi connectivity index (χ1v) is 10.8. The molecule has 1 aromatic rings. The summed E-state index contributed by atoms with van der Waals surface area (Å²) in [5.41, 5.74) is 3.13. The lowest BCUT2D eigenvalue weighted by atomic mass is 9.90. The van der Waals surface area contributed by atoms with E-state index in [1.807, 2.05) is 18.2 Å². The molecule has 1 saturated carbocycles. The molecule has 3 aliphatic heterocycles. The van der Waals surface area contributed by atoms with Crippen LogP contribution in [0.1, 0.15) is 60.0 Å². The summed E-state index contributed by atoms with van der Waals surface area (Å²) in [5.74, 6) is -0.0231. The quantitative estimate of drug-likeness (QED) is 0.648. The van der Waals surface area contributed by atoms with Crippen LogP contribution in [-0.2, 0) is 22.7 Å². The maximum Gasteiger partial charge on any atom is 0.255 e. The standard InChI is InChI=1S/C22H28N4O3/c27-18-5-4-17(20(28)25-18)26-13-16-3-1-2-15(19(16)21(26)29)12-23-11-14-6-9-24-22(10-14)7-8-22/h1-3,14,17,23-24H,4-13H2,(H,25,27,28). The van der Waals surface area contributed by atoms with E-state index in [4.69, 9.17) is 0 Å². The van der Waals surface area contributed by atoms with Gasteiger partial charge in [-0.3, -0.25) is 19.7 Å². The number of nitrogens with zero attached hydrogens (tertiary/aromatic N) is 1. The van der Waals surface area contributed by atoms with Gasteiger partial charge in [0.25, 0.3) is 5.91 Å². The number of benzene rings is 1. The van der Waals surface area contributed by atoms with Crippen molar-refractivity contribution in [3.05, 3.63) is 34.9 Å². The van der Waals surface area contributed by atoms with E-state index in [0.29, 0.717) is 31.0 Å². The molecule has 7 nitrogen and oxygen atoms in total. The third-order valence-electron chi connectivity index (χ3n) is 6.97. The van der Waals surface area contributed by atoms with Crippen molar-refractivity contribution in [2.45, 2.75) is 63.2 Å². The van der Waals surface area contributed by atoms with Crippen molar-refractivity contribution in [1.29, 1.82) is 0 Å². The molecule has 2 atom stereocenters. The van der Waals surface area contributed by atoms with Crippen molar-refractivity contribution < 1.29 is 14.4 Å². The topological polar surface area (TPSA) is 90.5 Å². The molecular weight excluding hydrogens is 368 g/mol. The zero-order chi connectivity index (χ0) is 20.0. The summed E-state index contributed by atoms with van der Waals surface area (Å²) in [6, 6.07) is 5.40.